The fraction of sp³-hybridized carbons (Fsp3) is 0.538. The molecule has 1 aromatic rings. The third-order valence-electron chi connectivity index (χ3n) is 2.71. The Bertz CT molecular complexity index is 513. The summed E-state index contributed by atoms with van der Waals surface area (Å²) in [6.45, 7) is 4.58. The van der Waals surface area contributed by atoms with Gasteiger partial charge in [0, 0.05) is 19.0 Å². The van der Waals surface area contributed by atoms with Crippen molar-refractivity contribution in [1.29, 1.82) is 0 Å². The normalized spacial score (nSPS) is 12.1. The number of rotatable bonds is 7. The maximum atomic E-state index is 13.9. The minimum Gasteiger partial charge on any atom is -0.207 e. The van der Waals surface area contributed by atoms with E-state index < -0.39 is 15.8 Å². The predicted molar refractivity (Wildman–Crippen MR) is 75.3 cm³/mol. The van der Waals surface area contributed by atoms with Crippen molar-refractivity contribution < 1.29 is 12.8 Å². The maximum absolute atomic E-state index is 13.9. The lowest BCUT2D eigenvalue weighted by atomic mass is 10.2. The van der Waals surface area contributed by atoms with Gasteiger partial charge in [-0.2, -0.15) is 4.31 Å². The molecule has 0 atom stereocenters. The van der Waals surface area contributed by atoms with E-state index >= 15 is 0 Å². The highest BCUT2D eigenvalue weighted by Crippen LogP contribution is 2.21. The molecule has 0 unspecified atom stereocenters. The van der Waals surface area contributed by atoms with Crippen molar-refractivity contribution in [2.75, 3.05) is 13.1 Å². The number of halogens is 2. The van der Waals surface area contributed by atoms with Gasteiger partial charge in [-0.15, -0.1) is 11.6 Å². The van der Waals surface area contributed by atoms with E-state index in [1.807, 2.05) is 13.8 Å². The van der Waals surface area contributed by atoms with E-state index in [9.17, 15) is 12.8 Å². The molecule has 0 heterocycles. The second-order valence-corrected chi connectivity index (χ2v) is 6.48. The highest BCUT2D eigenvalue weighted by atomic mass is 35.5. The first-order chi connectivity index (χ1) is 8.97. The first-order valence-electron chi connectivity index (χ1n) is 6.31. The molecule has 6 heteroatoms. The molecule has 0 spiro atoms. The molecule has 0 saturated carbocycles. The summed E-state index contributed by atoms with van der Waals surface area (Å²) in [7, 11) is -3.77. The van der Waals surface area contributed by atoms with Crippen molar-refractivity contribution in [1.82, 2.24) is 4.31 Å². The molecule has 1 aromatic carbocycles. The van der Waals surface area contributed by atoms with Crippen LogP contribution in [0.15, 0.2) is 23.1 Å². The van der Waals surface area contributed by atoms with Gasteiger partial charge in [0.05, 0.1) is 0 Å². The van der Waals surface area contributed by atoms with Gasteiger partial charge in [0.2, 0.25) is 10.0 Å². The summed E-state index contributed by atoms with van der Waals surface area (Å²) in [4.78, 5) is -0.275. The third kappa shape index (κ3) is 3.91. The SMILES string of the molecule is CCCN(CCC)S(=O)(=O)c1ccc(CCl)cc1F. The molecule has 0 aliphatic carbocycles. The molecule has 0 saturated heterocycles. The first kappa shape index (κ1) is 16.4. The average molecular weight is 308 g/mol. The molecule has 19 heavy (non-hydrogen) atoms. The van der Waals surface area contributed by atoms with Crippen LogP contribution in [0.2, 0.25) is 0 Å². The van der Waals surface area contributed by atoms with Crippen molar-refractivity contribution in [2.45, 2.75) is 37.5 Å². The minimum atomic E-state index is -3.77. The van der Waals surface area contributed by atoms with Gasteiger partial charge < -0.3 is 0 Å². The number of alkyl halides is 1. The number of hydrogen-bond donors (Lipinski definition) is 0. The van der Waals surface area contributed by atoms with Crippen molar-refractivity contribution in [3.8, 4) is 0 Å². The molecule has 1 rings (SSSR count). The molecular weight excluding hydrogens is 289 g/mol. The Kier molecular flexibility index (Phi) is 6.23. The Labute approximate surface area is 119 Å². The lowest BCUT2D eigenvalue weighted by Gasteiger charge is -2.21. The summed E-state index contributed by atoms with van der Waals surface area (Å²) in [5.74, 6) is -0.583. The first-order valence-corrected chi connectivity index (χ1v) is 8.29. The molecule has 0 aromatic heterocycles. The monoisotopic (exact) mass is 307 g/mol. The van der Waals surface area contributed by atoms with E-state index in [0.29, 0.717) is 31.5 Å². The van der Waals surface area contributed by atoms with Crippen molar-refractivity contribution in [2.24, 2.45) is 0 Å². The van der Waals surface area contributed by atoms with Crippen LogP contribution in [0.3, 0.4) is 0 Å². The van der Waals surface area contributed by atoms with Crippen LogP contribution in [0.25, 0.3) is 0 Å². The Morgan fingerprint density at radius 3 is 2.21 bits per heavy atom. The Morgan fingerprint density at radius 2 is 1.79 bits per heavy atom. The van der Waals surface area contributed by atoms with Gasteiger partial charge in [-0.1, -0.05) is 19.9 Å². The number of nitrogens with zero attached hydrogens (tertiary/aromatic N) is 1. The zero-order chi connectivity index (χ0) is 14.5. The standard InChI is InChI=1S/C13H19ClFNO2S/c1-3-7-16(8-4-2)19(17,18)13-6-5-11(10-14)9-12(13)15/h5-6,9H,3-4,7-8,10H2,1-2H3. The number of hydrogen-bond acceptors (Lipinski definition) is 2. The van der Waals surface area contributed by atoms with Crippen LogP contribution in [-0.4, -0.2) is 25.8 Å². The van der Waals surface area contributed by atoms with Crippen LogP contribution >= 0.6 is 11.6 Å². The molecule has 0 radical (unpaired) electrons. The van der Waals surface area contributed by atoms with Crippen molar-refractivity contribution in [3.05, 3.63) is 29.6 Å². The van der Waals surface area contributed by atoms with E-state index in [1.54, 1.807) is 6.07 Å². The van der Waals surface area contributed by atoms with Gasteiger partial charge in [0.1, 0.15) is 10.7 Å². The molecule has 3 nitrogen and oxygen atoms in total. The fourth-order valence-electron chi connectivity index (χ4n) is 1.83. The van der Waals surface area contributed by atoms with E-state index in [4.69, 9.17) is 11.6 Å². The van der Waals surface area contributed by atoms with Crippen LogP contribution in [0.1, 0.15) is 32.3 Å². The molecule has 0 aliphatic heterocycles. The molecule has 0 fully saturated rings. The van der Waals surface area contributed by atoms with Crippen LogP contribution < -0.4 is 0 Å². The average Bonchev–Trinajstić information content (AvgIpc) is 2.38. The molecule has 108 valence electrons. The second-order valence-electron chi connectivity index (χ2n) is 4.30. The smallest absolute Gasteiger partial charge is 0.207 e. The van der Waals surface area contributed by atoms with E-state index in [0.717, 1.165) is 0 Å². The van der Waals surface area contributed by atoms with Crippen LogP contribution in [0.5, 0.6) is 0 Å². The summed E-state index contributed by atoms with van der Waals surface area (Å²) < 4.78 is 40.0. The summed E-state index contributed by atoms with van der Waals surface area (Å²) in [6, 6.07) is 4.01. The van der Waals surface area contributed by atoms with Gasteiger partial charge >= 0.3 is 0 Å². The summed E-state index contributed by atoms with van der Waals surface area (Å²) in [5.41, 5.74) is 0.565. The van der Waals surface area contributed by atoms with E-state index in [-0.39, 0.29) is 10.8 Å². The third-order valence-corrected chi connectivity index (χ3v) is 4.95. The lowest BCUT2D eigenvalue weighted by Crippen LogP contribution is -2.33. The summed E-state index contributed by atoms with van der Waals surface area (Å²) >= 11 is 5.60. The second kappa shape index (κ2) is 7.22. The maximum Gasteiger partial charge on any atom is 0.245 e. The van der Waals surface area contributed by atoms with Gasteiger partial charge in [0.15, 0.2) is 0 Å². The number of benzene rings is 1. The van der Waals surface area contributed by atoms with Gasteiger partial charge in [0.25, 0.3) is 0 Å². The number of sulfonamides is 1. The molecular formula is C13H19ClFNO2S. The topological polar surface area (TPSA) is 37.4 Å². The van der Waals surface area contributed by atoms with Crippen molar-refractivity contribution >= 4 is 21.6 Å². The van der Waals surface area contributed by atoms with Crippen molar-refractivity contribution in [3.63, 3.8) is 0 Å². The molecule has 0 bridgehead atoms. The van der Waals surface area contributed by atoms with Crippen LogP contribution in [-0.2, 0) is 15.9 Å². The zero-order valence-electron chi connectivity index (χ0n) is 11.2. The Morgan fingerprint density at radius 1 is 1.21 bits per heavy atom. The largest absolute Gasteiger partial charge is 0.245 e. The Balaban J connectivity index is 3.17. The Hall–Kier alpha value is -0.650. The predicted octanol–water partition coefficient (Wildman–Crippen LogP) is 3.38. The highest BCUT2D eigenvalue weighted by molar-refractivity contribution is 7.89. The van der Waals surface area contributed by atoms with Crippen LogP contribution in [0, 0.1) is 5.82 Å². The minimum absolute atomic E-state index is 0.158. The summed E-state index contributed by atoms with van der Waals surface area (Å²) in [5, 5.41) is 0. The molecule has 0 amide bonds. The van der Waals surface area contributed by atoms with Crippen LogP contribution in [0.4, 0.5) is 4.39 Å². The van der Waals surface area contributed by atoms with Gasteiger partial charge in [-0.05, 0) is 30.5 Å². The highest BCUT2D eigenvalue weighted by Gasteiger charge is 2.26. The fourth-order valence-corrected chi connectivity index (χ4v) is 3.66. The van der Waals surface area contributed by atoms with E-state index in [2.05, 4.69) is 0 Å². The summed E-state index contributed by atoms with van der Waals surface area (Å²) in [6.07, 6.45) is 1.39. The molecule has 0 N–H and O–H groups in total. The molecule has 0 aliphatic rings. The quantitative estimate of drug-likeness (QED) is 0.724. The van der Waals surface area contributed by atoms with Gasteiger partial charge in [-0.25, -0.2) is 12.8 Å². The van der Waals surface area contributed by atoms with E-state index in [1.165, 1.54) is 16.4 Å². The lowest BCUT2D eigenvalue weighted by molar-refractivity contribution is 0.406. The van der Waals surface area contributed by atoms with Gasteiger partial charge in [-0.3, -0.25) is 0 Å². The zero-order valence-corrected chi connectivity index (χ0v) is 12.8.